The first-order chi connectivity index (χ1) is 28.9. The monoisotopic (exact) mass is 802 g/mol. The molecule has 2 saturated heterocycles. The molecule has 14 heteroatoms. The van der Waals surface area contributed by atoms with Crippen LogP contribution in [0.1, 0.15) is 57.9 Å². The zero-order valence-corrected chi connectivity index (χ0v) is 32.9. The van der Waals surface area contributed by atoms with Gasteiger partial charge in [0.25, 0.3) is 5.91 Å². The molecule has 308 valence electrons. The largest absolute Gasteiger partial charge is 0.394 e. The van der Waals surface area contributed by atoms with Gasteiger partial charge in [0, 0.05) is 60.8 Å². The molecule has 4 aromatic rings. The van der Waals surface area contributed by atoms with E-state index in [9.17, 15) is 24.3 Å². The van der Waals surface area contributed by atoms with Gasteiger partial charge in [0.05, 0.1) is 45.7 Å². The number of rotatable bonds is 17. The molecule has 4 aliphatic rings. The number of piperidine rings is 1. The van der Waals surface area contributed by atoms with E-state index >= 15 is 0 Å². The molecule has 0 saturated carbocycles. The highest BCUT2D eigenvalue weighted by Crippen LogP contribution is 2.48. The number of carbonyl (C=O) groups is 4. The normalized spacial score (nSPS) is 21.1. The second-order valence-electron chi connectivity index (χ2n) is 15.5. The van der Waals surface area contributed by atoms with Crippen LogP contribution in [0.5, 0.6) is 0 Å². The second kappa shape index (κ2) is 18.6. The fraction of sp³-hybridized carbons (Fsp3) is 0.400. The van der Waals surface area contributed by atoms with Crippen LogP contribution in [0.25, 0.3) is 11.1 Å². The number of benzene rings is 3. The van der Waals surface area contributed by atoms with Gasteiger partial charge in [-0.1, -0.05) is 30.3 Å². The average Bonchev–Trinajstić information content (AvgIpc) is 3.82. The first kappa shape index (κ1) is 40.3. The number of hydrogen-bond donors (Lipinski definition) is 4. The fourth-order valence-corrected chi connectivity index (χ4v) is 8.88. The molecule has 2 fully saturated rings. The van der Waals surface area contributed by atoms with Gasteiger partial charge in [0.1, 0.15) is 12.6 Å². The van der Waals surface area contributed by atoms with Crippen LogP contribution >= 0.6 is 0 Å². The molecular weight excluding hydrogens is 753 g/mol. The van der Waals surface area contributed by atoms with Gasteiger partial charge < -0.3 is 34.9 Å². The minimum atomic E-state index is -0.645. The second-order valence-corrected chi connectivity index (χ2v) is 15.5. The average molecular weight is 803 g/mol. The number of fused-ring (bicyclic) bond motifs is 4. The lowest BCUT2D eigenvalue weighted by molar-refractivity contribution is -0.137. The topological polar surface area (TPSA) is 172 Å². The SMILES string of the molecule is O=C1CCC(N2Cc3c(CCOCCOCCOCC(=O)Nc4cccc(-c5ccc6c(c5)[C@H]5[C@H](CCN5Cc5ccncc5)[C@@H](CO)N6)c4)cccc3C2=O)C(=O)N1. The number of aliphatic hydroxyl groups is 1. The summed E-state index contributed by atoms with van der Waals surface area (Å²) < 4.78 is 17.0. The van der Waals surface area contributed by atoms with Crippen LogP contribution in [0.15, 0.2) is 85.2 Å². The molecule has 0 radical (unpaired) electrons. The van der Waals surface area contributed by atoms with Gasteiger partial charge in [0.15, 0.2) is 0 Å². The first-order valence-corrected chi connectivity index (χ1v) is 20.4. The molecule has 8 rings (SSSR count). The predicted molar refractivity (Wildman–Crippen MR) is 219 cm³/mol. The van der Waals surface area contributed by atoms with E-state index in [2.05, 4.69) is 56.2 Å². The summed E-state index contributed by atoms with van der Waals surface area (Å²) >= 11 is 0. The van der Waals surface area contributed by atoms with Crippen LogP contribution in [0.2, 0.25) is 0 Å². The van der Waals surface area contributed by atoms with Crippen molar-refractivity contribution in [1.29, 1.82) is 0 Å². The zero-order chi connectivity index (χ0) is 40.7. The minimum Gasteiger partial charge on any atom is -0.394 e. The predicted octanol–water partition coefficient (Wildman–Crippen LogP) is 4.09. The number of anilines is 2. The van der Waals surface area contributed by atoms with Crippen LogP contribution < -0.4 is 16.0 Å². The number of aromatic nitrogens is 1. The van der Waals surface area contributed by atoms with Gasteiger partial charge >= 0.3 is 0 Å². The summed E-state index contributed by atoms with van der Waals surface area (Å²) in [5.41, 5.74) is 8.67. The van der Waals surface area contributed by atoms with Gasteiger partial charge in [-0.15, -0.1) is 0 Å². The summed E-state index contributed by atoms with van der Waals surface area (Å²) in [5.74, 6) is -0.888. The van der Waals surface area contributed by atoms with E-state index in [0.717, 1.165) is 47.5 Å². The Hall–Kier alpha value is -5.51. The fourth-order valence-electron chi connectivity index (χ4n) is 8.88. The molecular formula is C45H50N6O8. The minimum absolute atomic E-state index is 0.0000990. The first-order valence-electron chi connectivity index (χ1n) is 20.4. The molecule has 4 aliphatic heterocycles. The standard InChI is InChI=1S/C45H50N6O8/c52-27-39-35-13-17-50(25-29-11-15-46-16-12-29)43(35)36-24-32(7-8-38(36)48-39)31-4-1-5-33(23-31)47-42(54)28-59-22-21-58-20-19-57-18-14-30-3-2-6-34-37(30)26-51(45(34)56)40-9-10-41(53)49-44(40)55/h1-8,11-12,15-16,23-24,35,39-40,43,48,52H,9-10,13-14,17-22,25-28H2,(H,47,54)(H,49,53,55)/t35-,39-,40?,43-/m1/s1. The summed E-state index contributed by atoms with van der Waals surface area (Å²) in [4.78, 5) is 58.1. The van der Waals surface area contributed by atoms with Crippen molar-refractivity contribution in [2.45, 2.75) is 56.9 Å². The number of amides is 4. The molecule has 59 heavy (non-hydrogen) atoms. The lowest BCUT2D eigenvalue weighted by Gasteiger charge is -2.39. The molecule has 0 bridgehead atoms. The number of likely N-dealkylation sites (tertiary alicyclic amines) is 1. The Morgan fingerprint density at radius 3 is 2.47 bits per heavy atom. The van der Waals surface area contributed by atoms with Crippen LogP contribution in [-0.2, 0) is 48.1 Å². The Labute approximate surface area is 343 Å². The molecule has 0 aliphatic carbocycles. The van der Waals surface area contributed by atoms with Crippen molar-refractivity contribution < 1.29 is 38.5 Å². The van der Waals surface area contributed by atoms with Gasteiger partial charge in [0.2, 0.25) is 17.7 Å². The smallest absolute Gasteiger partial charge is 0.255 e. The van der Waals surface area contributed by atoms with Crippen molar-refractivity contribution in [3.8, 4) is 11.1 Å². The summed E-state index contributed by atoms with van der Waals surface area (Å²) in [6.45, 7) is 3.81. The maximum Gasteiger partial charge on any atom is 0.255 e. The quantitative estimate of drug-likeness (QED) is 0.0896. The van der Waals surface area contributed by atoms with Crippen LogP contribution in [0, 0.1) is 5.92 Å². The zero-order valence-electron chi connectivity index (χ0n) is 32.9. The van der Waals surface area contributed by atoms with Crippen molar-refractivity contribution >= 4 is 35.0 Å². The Bertz CT molecular complexity index is 2170. The molecule has 5 heterocycles. The molecule has 14 nitrogen and oxygen atoms in total. The summed E-state index contributed by atoms with van der Waals surface area (Å²) in [6, 6.07) is 23.4. The molecule has 4 amide bonds. The van der Waals surface area contributed by atoms with Gasteiger partial charge in [-0.05, 0) is 102 Å². The highest BCUT2D eigenvalue weighted by Gasteiger charge is 2.44. The number of nitrogens with zero attached hydrogens (tertiary/aromatic N) is 3. The molecule has 4 atom stereocenters. The van der Waals surface area contributed by atoms with Crippen molar-refractivity contribution in [3.63, 3.8) is 0 Å². The van der Waals surface area contributed by atoms with Gasteiger partial charge in [-0.3, -0.25) is 34.4 Å². The van der Waals surface area contributed by atoms with Gasteiger partial charge in [-0.2, -0.15) is 0 Å². The maximum absolute atomic E-state index is 13.1. The molecule has 1 aromatic heterocycles. The number of imide groups is 1. The summed E-state index contributed by atoms with van der Waals surface area (Å²) in [6.07, 6.45) is 5.81. The van der Waals surface area contributed by atoms with Crippen molar-refractivity contribution in [1.82, 2.24) is 20.1 Å². The van der Waals surface area contributed by atoms with E-state index < -0.39 is 11.9 Å². The van der Waals surface area contributed by atoms with E-state index in [4.69, 9.17) is 14.2 Å². The van der Waals surface area contributed by atoms with E-state index in [1.54, 1.807) is 11.0 Å². The van der Waals surface area contributed by atoms with Gasteiger partial charge in [-0.25, -0.2) is 0 Å². The lowest BCUT2D eigenvalue weighted by Crippen LogP contribution is -2.52. The third kappa shape index (κ3) is 9.22. The number of nitrogens with one attached hydrogen (secondary N) is 3. The number of hydrogen-bond acceptors (Lipinski definition) is 11. The highest BCUT2D eigenvalue weighted by molar-refractivity contribution is 6.05. The summed E-state index contributed by atoms with van der Waals surface area (Å²) in [5, 5.41) is 19.1. The Kier molecular flexibility index (Phi) is 12.7. The Morgan fingerprint density at radius 1 is 0.881 bits per heavy atom. The van der Waals surface area contributed by atoms with Crippen molar-refractivity contribution in [3.05, 3.63) is 113 Å². The van der Waals surface area contributed by atoms with Crippen molar-refractivity contribution in [2.75, 3.05) is 63.4 Å². The highest BCUT2D eigenvalue weighted by atomic mass is 16.5. The number of carbonyl (C=O) groups excluding carboxylic acids is 4. The molecule has 0 spiro atoms. The van der Waals surface area contributed by atoms with Crippen LogP contribution in [-0.4, -0.2) is 108 Å². The Morgan fingerprint density at radius 2 is 1.66 bits per heavy atom. The third-order valence-electron chi connectivity index (χ3n) is 11.8. The van der Waals surface area contributed by atoms with Crippen molar-refractivity contribution in [2.24, 2.45) is 5.92 Å². The van der Waals surface area contributed by atoms with E-state index in [1.165, 1.54) is 11.1 Å². The molecule has 1 unspecified atom stereocenters. The van der Waals surface area contributed by atoms with E-state index in [-0.39, 0.29) is 56.0 Å². The number of aliphatic hydroxyl groups excluding tert-OH is 1. The maximum atomic E-state index is 13.1. The van der Waals surface area contributed by atoms with E-state index in [1.807, 2.05) is 48.8 Å². The summed E-state index contributed by atoms with van der Waals surface area (Å²) in [7, 11) is 0. The van der Waals surface area contributed by atoms with Crippen LogP contribution in [0.3, 0.4) is 0 Å². The van der Waals surface area contributed by atoms with Crippen LogP contribution in [0.4, 0.5) is 11.4 Å². The van der Waals surface area contributed by atoms with E-state index in [0.29, 0.717) is 63.0 Å². The Balaban J connectivity index is 0.751. The number of pyridine rings is 1. The lowest BCUT2D eigenvalue weighted by atomic mass is 9.82. The number of ether oxygens (including phenoxy) is 3. The third-order valence-corrected chi connectivity index (χ3v) is 11.8. The molecule has 3 aromatic carbocycles. The molecule has 4 N–H and O–H groups in total.